The van der Waals surface area contributed by atoms with Gasteiger partial charge in [-0.15, -0.1) is 11.3 Å². The molecule has 3 aromatic rings. The van der Waals surface area contributed by atoms with Crippen LogP contribution >= 0.6 is 11.3 Å². The van der Waals surface area contributed by atoms with Gasteiger partial charge >= 0.3 is 0 Å². The molecule has 0 bridgehead atoms. The molecule has 0 spiro atoms. The predicted octanol–water partition coefficient (Wildman–Crippen LogP) is 5.18. The highest BCUT2D eigenvalue weighted by Crippen LogP contribution is 2.38. The number of thiophene rings is 1. The van der Waals surface area contributed by atoms with E-state index in [1.807, 2.05) is 36.9 Å². The topological polar surface area (TPSA) is 59.1 Å². The van der Waals surface area contributed by atoms with Crippen LogP contribution in [0, 0.1) is 0 Å². The van der Waals surface area contributed by atoms with Gasteiger partial charge in [0.1, 0.15) is 23.6 Å². The minimum atomic E-state index is -0.272. The third kappa shape index (κ3) is 4.91. The van der Waals surface area contributed by atoms with Crippen molar-refractivity contribution in [1.29, 1.82) is 0 Å². The third-order valence-electron chi connectivity index (χ3n) is 6.73. The lowest BCUT2D eigenvalue weighted by Crippen LogP contribution is -2.49. The zero-order valence-corrected chi connectivity index (χ0v) is 21.5. The minimum absolute atomic E-state index is 0.0160. The summed E-state index contributed by atoms with van der Waals surface area (Å²) >= 11 is 1.74. The van der Waals surface area contributed by atoms with Crippen LogP contribution in [0.3, 0.4) is 0 Å². The monoisotopic (exact) mass is 492 g/mol. The van der Waals surface area contributed by atoms with Gasteiger partial charge in [0.25, 0.3) is 5.91 Å². The summed E-state index contributed by atoms with van der Waals surface area (Å²) in [6, 6.07) is 17.2. The summed E-state index contributed by atoms with van der Waals surface area (Å²) < 4.78 is 11.0. The number of carbonyl (C=O) groups excluding carboxylic acids is 2. The standard InChI is InChI=1S/C28H32N2O4S/c1-5-19(2)30(28(32)26-22(33-3)12-9-13-23(26)34-4)18-25(31)29-16-14-24-21(15-17-35-24)27(29)20-10-7-6-8-11-20/h6-13,15,17,19,27H,5,14,16,18H2,1-4H3. The molecule has 1 aromatic heterocycles. The summed E-state index contributed by atoms with van der Waals surface area (Å²) in [5.74, 6) is 0.515. The molecule has 0 radical (unpaired) electrons. The summed E-state index contributed by atoms with van der Waals surface area (Å²) in [5, 5.41) is 2.09. The summed E-state index contributed by atoms with van der Waals surface area (Å²) in [5.41, 5.74) is 2.59. The lowest BCUT2D eigenvalue weighted by molar-refractivity contribution is -0.134. The maximum atomic E-state index is 13.9. The molecule has 1 aliphatic rings. The molecule has 4 rings (SSSR count). The average Bonchev–Trinajstić information content (AvgIpc) is 3.39. The van der Waals surface area contributed by atoms with Crippen LogP contribution in [0.2, 0.25) is 0 Å². The number of ether oxygens (including phenoxy) is 2. The normalized spacial score (nSPS) is 15.8. The number of hydrogen-bond donors (Lipinski definition) is 0. The molecule has 1 aliphatic heterocycles. The second-order valence-corrected chi connectivity index (χ2v) is 9.68. The second kappa shape index (κ2) is 11.0. The van der Waals surface area contributed by atoms with Gasteiger partial charge in [-0.3, -0.25) is 9.59 Å². The van der Waals surface area contributed by atoms with Crippen LogP contribution in [0.25, 0.3) is 0 Å². The van der Waals surface area contributed by atoms with Gasteiger partial charge < -0.3 is 19.3 Å². The molecule has 184 valence electrons. The fraction of sp³-hybridized carbons (Fsp3) is 0.357. The quantitative estimate of drug-likeness (QED) is 0.435. The van der Waals surface area contributed by atoms with Crippen molar-refractivity contribution in [2.24, 2.45) is 0 Å². The van der Waals surface area contributed by atoms with E-state index < -0.39 is 0 Å². The van der Waals surface area contributed by atoms with Crippen molar-refractivity contribution < 1.29 is 19.1 Å². The predicted molar refractivity (Wildman–Crippen MR) is 138 cm³/mol. The minimum Gasteiger partial charge on any atom is -0.496 e. The molecule has 0 saturated carbocycles. The highest BCUT2D eigenvalue weighted by molar-refractivity contribution is 7.10. The average molecular weight is 493 g/mol. The maximum Gasteiger partial charge on any atom is 0.262 e. The molecular weight excluding hydrogens is 460 g/mol. The van der Waals surface area contributed by atoms with E-state index in [1.54, 1.807) is 34.4 Å². The van der Waals surface area contributed by atoms with Crippen molar-refractivity contribution in [2.45, 2.75) is 38.8 Å². The first-order chi connectivity index (χ1) is 17.0. The van der Waals surface area contributed by atoms with Crippen LogP contribution in [0.4, 0.5) is 0 Å². The largest absolute Gasteiger partial charge is 0.496 e. The Kier molecular flexibility index (Phi) is 7.76. The van der Waals surface area contributed by atoms with Crippen LogP contribution in [-0.4, -0.2) is 55.0 Å². The van der Waals surface area contributed by atoms with Gasteiger partial charge in [-0.1, -0.05) is 43.3 Å². The smallest absolute Gasteiger partial charge is 0.262 e. The van der Waals surface area contributed by atoms with Gasteiger partial charge in [-0.05, 0) is 54.5 Å². The molecule has 0 N–H and O–H groups in total. The Labute approximate surface area is 211 Å². The Hall–Kier alpha value is -3.32. The van der Waals surface area contributed by atoms with E-state index in [2.05, 4.69) is 23.6 Å². The fourth-order valence-corrected chi connectivity index (χ4v) is 5.57. The molecule has 0 aliphatic carbocycles. The molecule has 2 amide bonds. The molecule has 7 heteroatoms. The van der Waals surface area contributed by atoms with E-state index in [0.29, 0.717) is 30.0 Å². The number of rotatable bonds is 8. The van der Waals surface area contributed by atoms with E-state index in [0.717, 1.165) is 12.0 Å². The van der Waals surface area contributed by atoms with E-state index in [1.165, 1.54) is 24.7 Å². The molecule has 35 heavy (non-hydrogen) atoms. The van der Waals surface area contributed by atoms with E-state index >= 15 is 0 Å². The second-order valence-electron chi connectivity index (χ2n) is 8.68. The Morgan fingerprint density at radius 3 is 2.37 bits per heavy atom. The lowest BCUT2D eigenvalue weighted by atomic mass is 9.93. The van der Waals surface area contributed by atoms with Crippen molar-refractivity contribution in [2.75, 3.05) is 27.3 Å². The summed E-state index contributed by atoms with van der Waals surface area (Å²) in [4.78, 5) is 32.6. The number of methoxy groups -OCH3 is 2. The number of fused-ring (bicyclic) bond motifs is 1. The van der Waals surface area contributed by atoms with Gasteiger partial charge in [0.05, 0.1) is 20.3 Å². The van der Waals surface area contributed by atoms with E-state index in [-0.39, 0.29) is 30.4 Å². The van der Waals surface area contributed by atoms with E-state index in [4.69, 9.17) is 9.47 Å². The van der Waals surface area contributed by atoms with Gasteiger partial charge in [0.2, 0.25) is 5.91 Å². The molecule has 0 saturated heterocycles. The number of benzene rings is 2. The van der Waals surface area contributed by atoms with Gasteiger partial charge in [-0.25, -0.2) is 0 Å². The fourth-order valence-electron chi connectivity index (χ4n) is 4.67. The van der Waals surface area contributed by atoms with Crippen molar-refractivity contribution >= 4 is 23.2 Å². The van der Waals surface area contributed by atoms with Crippen molar-refractivity contribution in [1.82, 2.24) is 9.80 Å². The summed E-state index contributed by atoms with van der Waals surface area (Å²) in [6.45, 7) is 4.58. The Morgan fingerprint density at radius 2 is 1.74 bits per heavy atom. The first-order valence-corrected chi connectivity index (χ1v) is 12.8. The number of amides is 2. The Morgan fingerprint density at radius 1 is 1.06 bits per heavy atom. The van der Waals surface area contributed by atoms with Crippen LogP contribution in [0.1, 0.15) is 52.7 Å². The molecule has 0 fully saturated rings. The molecular formula is C28H32N2O4S. The Bertz CT molecular complexity index is 1150. The van der Waals surface area contributed by atoms with Crippen LogP contribution in [0.5, 0.6) is 11.5 Å². The maximum absolute atomic E-state index is 13.9. The lowest BCUT2D eigenvalue weighted by Gasteiger charge is -2.38. The highest BCUT2D eigenvalue weighted by Gasteiger charge is 2.35. The van der Waals surface area contributed by atoms with Gasteiger partial charge in [0.15, 0.2) is 0 Å². The zero-order chi connectivity index (χ0) is 24.9. The van der Waals surface area contributed by atoms with Crippen LogP contribution in [-0.2, 0) is 11.2 Å². The number of hydrogen-bond acceptors (Lipinski definition) is 5. The summed E-state index contributed by atoms with van der Waals surface area (Å²) in [6.07, 6.45) is 1.53. The van der Waals surface area contributed by atoms with Crippen LogP contribution < -0.4 is 9.47 Å². The SMILES string of the molecule is CCC(C)N(CC(=O)N1CCc2sccc2C1c1ccccc1)C(=O)c1c(OC)cccc1OC. The number of nitrogens with zero attached hydrogens (tertiary/aromatic N) is 2. The van der Waals surface area contributed by atoms with Crippen molar-refractivity contribution in [3.63, 3.8) is 0 Å². The molecule has 2 aromatic carbocycles. The first-order valence-electron chi connectivity index (χ1n) is 11.9. The molecule has 6 nitrogen and oxygen atoms in total. The third-order valence-corrected chi connectivity index (χ3v) is 7.73. The highest BCUT2D eigenvalue weighted by atomic mass is 32.1. The Balaban J connectivity index is 1.67. The first kappa shape index (κ1) is 24.8. The van der Waals surface area contributed by atoms with Gasteiger partial charge in [0, 0.05) is 17.5 Å². The van der Waals surface area contributed by atoms with Crippen molar-refractivity contribution in [3.8, 4) is 11.5 Å². The van der Waals surface area contributed by atoms with Crippen molar-refractivity contribution in [3.05, 3.63) is 81.5 Å². The molecule has 2 atom stereocenters. The zero-order valence-electron chi connectivity index (χ0n) is 20.7. The van der Waals surface area contributed by atoms with E-state index in [9.17, 15) is 9.59 Å². The summed E-state index contributed by atoms with van der Waals surface area (Å²) in [7, 11) is 3.06. The van der Waals surface area contributed by atoms with Gasteiger partial charge in [-0.2, -0.15) is 0 Å². The number of carbonyl (C=O) groups is 2. The molecule has 2 unspecified atom stereocenters. The van der Waals surface area contributed by atoms with Crippen LogP contribution in [0.15, 0.2) is 60.0 Å². The molecule has 2 heterocycles.